The maximum Gasteiger partial charge on any atom is 0.407 e. The lowest BCUT2D eigenvalue weighted by molar-refractivity contribution is 0.0562. The first-order chi connectivity index (χ1) is 12.5. The largest absolute Gasteiger partial charge is 0.493 e. The van der Waals surface area contributed by atoms with Crippen LogP contribution in [0.15, 0.2) is 24.3 Å². The fraction of sp³-hybridized carbons (Fsp3) is 0.556. The van der Waals surface area contributed by atoms with Gasteiger partial charge in [0.25, 0.3) is 0 Å². The number of hydrogen-bond donors (Lipinski definition) is 2. The van der Waals surface area contributed by atoms with Gasteiger partial charge in [-0.2, -0.15) is 0 Å². The number of hydrogen-bond acceptors (Lipinski definition) is 4. The molecule has 1 saturated heterocycles. The standard InChI is InChI=1S/C18H27N3O5/c1-3-19(4-2)14-6-5-7-16(12-14)26-11-8-15-13-20(17(22)23)9-10-21(15)18(24)25/h5-7,12,15H,3-4,8-11,13H2,1-2H3,(H,22,23)(H,24,25)/t15-/m1/s1. The highest BCUT2D eigenvalue weighted by molar-refractivity contribution is 5.68. The van der Waals surface area contributed by atoms with Crippen LogP contribution in [0.2, 0.25) is 0 Å². The van der Waals surface area contributed by atoms with Crippen LogP contribution in [-0.4, -0.2) is 77.6 Å². The van der Waals surface area contributed by atoms with E-state index in [1.54, 1.807) is 0 Å². The Kier molecular flexibility index (Phi) is 6.94. The molecule has 8 nitrogen and oxygen atoms in total. The highest BCUT2D eigenvalue weighted by Gasteiger charge is 2.32. The van der Waals surface area contributed by atoms with Gasteiger partial charge in [-0.05, 0) is 26.0 Å². The maximum atomic E-state index is 11.4. The SMILES string of the molecule is CCN(CC)c1cccc(OCC[C@@H]2CN(C(=O)O)CCN2C(=O)O)c1. The molecule has 8 heteroatoms. The molecule has 0 radical (unpaired) electrons. The lowest BCUT2D eigenvalue weighted by Gasteiger charge is -2.38. The predicted molar refractivity (Wildman–Crippen MR) is 98.2 cm³/mol. The Balaban J connectivity index is 1.95. The molecule has 1 aliphatic rings. The van der Waals surface area contributed by atoms with E-state index >= 15 is 0 Å². The van der Waals surface area contributed by atoms with Crippen LogP contribution < -0.4 is 9.64 Å². The van der Waals surface area contributed by atoms with E-state index < -0.39 is 18.2 Å². The van der Waals surface area contributed by atoms with Crippen LogP contribution >= 0.6 is 0 Å². The third-order valence-electron chi connectivity index (χ3n) is 4.66. The van der Waals surface area contributed by atoms with Crippen LogP contribution in [-0.2, 0) is 0 Å². The van der Waals surface area contributed by atoms with Crippen molar-refractivity contribution in [2.75, 3.05) is 44.2 Å². The molecule has 1 atom stereocenters. The summed E-state index contributed by atoms with van der Waals surface area (Å²) in [5.74, 6) is 0.724. The van der Waals surface area contributed by atoms with E-state index in [-0.39, 0.29) is 19.6 Å². The fourth-order valence-corrected chi connectivity index (χ4v) is 3.20. The molecule has 1 aromatic carbocycles. The summed E-state index contributed by atoms with van der Waals surface area (Å²) >= 11 is 0. The van der Waals surface area contributed by atoms with E-state index in [1.165, 1.54) is 9.80 Å². The molecule has 1 fully saturated rings. The van der Waals surface area contributed by atoms with Crippen molar-refractivity contribution in [1.82, 2.24) is 9.80 Å². The van der Waals surface area contributed by atoms with Crippen LogP contribution in [0.4, 0.5) is 15.3 Å². The Bertz CT molecular complexity index is 621. The van der Waals surface area contributed by atoms with Gasteiger partial charge in [-0.3, -0.25) is 0 Å². The van der Waals surface area contributed by atoms with Gasteiger partial charge in [0.2, 0.25) is 0 Å². The first-order valence-corrected chi connectivity index (χ1v) is 8.91. The molecule has 0 saturated carbocycles. The van der Waals surface area contributed by atoms with Gasteiger partial charge in [0, 0.05) is 50.9 Å². The van der Waals surface area contributed by atoms with Crippen molar-refractivity contribution in [1.29, 1.82) is 0 Å². The molecule has 2 N–H and O–H groups in total. The Hall–Kier alpha value is -2.64. The number of carbonyl (C=O) groups is 2. The minimum absolute atomic E-state index is 0.171. The molecule has 1 aromatic rings. The molecule has 0 aliphatic carbocycles. The molecular formula is C18H27N3O5. The molecule has 1 heterocycles. The van der Waals surface area contributed by atoms with E-state index in [2.05, 4.69) is 18.7 Å². The molecule has 0 aromatic heterocycles. The summed E-state index contributed by atoms with van der Waals surface area (Å²) in [6.45, 7) is 6.87. The lowest BCUT2D eigenvalue weighted by atomic mass is 10.1. The number of rotatable bonds is 7. The molecular weight excluding hydrogens is 338 g/mol. The average Bonchev–Trinajstić information content (AvgIpc) is 2.63. The minimum atomic E-state index is -1.02. The molecule has 144 valence electrons. The zero-order chi connectivity index (χ0) is 19.1. The van der Waals surface area contributed by atoms with Gasteiger partial charge < -0.3 is 29.6 Å². The number of amides is 2. The molecule has 26 heavy (non-hydrogen) atoms. The van der Waals surface area contributed by atoms with E-state index in [0.717, 1.165) is 24.5 Å². The number of carboxylic acid groups (broad SMARTS) is 2. The maximum absolute atomic E-state index is 11.4. The van der Waals surface area contributed by atoms with E-state index in [9.17, 15) is 14.7 Å². The van der Waals surface area contributed by atoms with Crippen molar-refractivity contribution in [2.24, 2.45) is 0 Å². The zero-order valence-electron chi connectivity index (χ0n) is 15.3. The number of nitrogens with zero attached hydrogens (tertiary/aromatic N) is 3. The van der Waals surface area contributed by atoms with Gasteiger partial charge in [-0.25, -0.2) is 9.59 Å². The van der Waals surface area contributed by atoms with Gasteiger partial charge in [0.15, 0.2) is 0 Å². The summed E-state index contributed by atoms with van der Waals surface area (Å²) in [5.41, 5.74) is 1.08. The monoisotopic (exact) mass is 365 g/mol. The Labute approximate surface area is 153 Å². The Morgan fingerprint density at radius 3 is 2.54 bits per heavy atom. The predicted octanol–water partition coefficient (Wildman–Crippen LogP) is 2.64. The van der Waals surface area contributed by atoms with Crippen LogP contribution in [0.5, 0.6) is 5.75 Å². The number of piperazine rings is 1. The quantitative estimate of drug-likeness (QED) is 0.771. The molecule has 0 unspecified atom stereocenters. The smallest absolute Gasteiger partial charge is 0.407 e. The zero-order valence-corrected chi connectivity index (χ0v) is 15.3. The normalized spacial score (nSPS) is 17.1. The second-order valence-electron chi connectivity index (χ2n) is 6.17. The van der Waals surface area contributed by atoms with E-state index in [1.807, 2.05) is 24.3 Å². The first-order valence-electron chi connectivity index (χ1n) is 8.91. The summed E-state index contributed by atoms with van der Waals surface area (Å²) in [4.78, 5) is 27.3. The molecule has 1 aliphatic heterocycles. The Morgan fingerprint density at radius 1 is 1.19 bits per heavy atom. The first kappa shape index (κ1) is 19.7. The van der Waals surface area contributed by atoms with Crippen molar-refractivity contribution < 1.29 is 24.5 Å². The highest BCUT2D eigenvalue weighted by Crippen LogP contribution is 2.22. The molecule has 2 rings (SSSR count). The summed E-state index contributed by atoms with van der Waals surface area (Å²) < 4.78 is 5.80. The van der Waals surface area contributed by atoms with Gasteiger partial charge in [0.1, 0.15) is 5.75 Å². The van der Waals surface area contributed by atoms with Crippen molar-refractivity contribution >= 4 is 17.9 Å². The van der Waals surface area contributed by atoms with Crippen molar-refractivity contribution in [2.45, 2.75) is 26.3 Å². The molecule has 0 bridgehead atoms. The van der Waals surface area contributed by atoms with Crippen molar-refractivity contribution in [3.8, 4) is 5.75 Å². The fourth-order valence-electron chi connectivity index (χ4n) is 3.20. The summed E-state index contributed by atoms with van der Waals surface area (Å²) in [5, 5.41) is 18.5. The van der Waals surface area contributed by atoms with Crippen LogP contribution in [0.25, 0.3) is 0 Å². The average molecular weight is 365 g/mol. The second kappa shape index (κ2) is 9.17. The third kappa shape index (κ3) is 4.93. The van der Waals surface area contributed by atoms with Gasteiger partial charge in [-0.15, -0.1) is 0 Å². The van der Waals surface area contributed by atoms with Crippen LogP contribution in [0, 0.1) is 0 Å². The van der Waals surface area contributed by atoms with Crippen LogP contribution in [0.3, 0.4) is 0 Å². The van der Waals surface area contributed by atoms with E-state index in [4.69, 9.17) is 9.84 Å². The number of anilines is 1. The van der Waals surface area contributed by atoms with Gasteiger partial charge in [0.05, 0.1) is 12.6 Å². The van der Waals surface area contributed by atoms with E-state index in [0.29, 0.717) is 13.0 Å². The number of ether oxygens (including phenoxy) is 1. The Morgan fingerprint density at radius 2 is 1.92 bits per heavy atom. The molecule has 2 amide bonds. The van der Waals surface area contributed by atoms with Gasteiger partial charge in [-0.1, -0.05) is 6.07 Å². The highest BCUT2D eigenvalue weighted by atomic mass is 16.5. The molecule has 0 spiro atoms. The lowest BCUT2D eigenvalue weighted by Crippen LogP contribution is -2.56. The van der Waals surface area contributed by atoms with Crippen molar-refractivity contribution in [3.05, 3.63) is 24.3 Å². The second-order valence-corrected chi connectivity index (χ2v) is 6.17. The summed E-state index contributed by atoms with van der Waals surface area (Å²) in [6, 6.07) is 7.39. The summed E-state index contributed by atoms with van der Waals surface area (Å²) in [6.07, 6.45) is -1.61. The summed E-state index contributed by atoms with van der Waals surface area (Å²) in [7, 11) is 0. The van der Waals surface area contributed by atoms with Crippen molar-refractivity contribution in [3.63, 3.8) is 0 Å². The third-order valence-corrected chi connectivity index (χ3v) is 4.66. The topological polar surface area (TPSA) is 93.6 Å². The van der Waals surface area contributed by atoms with Crippen LogP contribution in [0.1, 0.15) is 20.3 Å². The minimum Gasteiger partial charge on any atom is -0.493 e. The number of benzene rings is 1. The van der Waals surface area contributed by atoms with Gasteiger partial charge >= 0.3 is 12.2 Å².